The van der Waals surface area contributed by atoms with E-state index in [1.54, 1.807) is 0 Å². The molecule has 0 radical (unpaired) electrons. The van der Waals surface area contributed by atoms with E-state index < -0.39 is 23.8 Å². The zero-order valence-corrected chi connectivity index (χ0v) is 12.3. The van der Waals surface area contributed by atoms with Gasteiger partial charge >= 0.3 is 12.1 Å². The number of alkyl halides is 3. The van der Waals surface area contributed by atoms with E-state index in [1.807, 2.05) is 0 Å². The summed E-state index contributed by atoms with van der Waals surface area (Å²) < 4.78 is 40.0. The summed E-state index contributed by atoms with van der Waals surface area (Å²) in [6.45, 7) is 0.162. The van der Waals surface area contributed by atoms with Crippen LogP contribution < -0.4 is 5.32 Å². The number of benzene rings is 1. The molecule has 126 valence electrons. The van der Waals surface area contributed by atoms with Crippen LogP contribution in [0, 0.1) is 0 Å². The fourth-order valence-electron chi connectivity index (χ4n) is 2.77. The number of carboxylic acids is 1. The first-order chi connectivity index (χ1) is 11.3. The smallest absolute Gasteiger partial charge is 0.416 e. The molecule has 1 aliphatic rings. The Kier molecular flexibility index (Phi) is 3.82. The molecule has 0 fully saturated rings. The van der Waals surface area contributed by atoms with Crippen molar-refractivity contribution >= 4 is 11.9 Å². The van der Waals surface area contributed by atoms with Crippen LogP contribution in [0.25, 0.3) is 11.1 Å². The van der Waals surface area contributed by atoms with Crippen molar-refractivity contribution in [1.82, 2.24) is 9.88 Å². The largest absolute Gasteiger partial charge is 0.481 e. The van der Waals surface area contributed by atoms with Crippen LogP contribution in [0.3, 0.4) is 0 Å². The molecule has 1 aromatic heterocycles. The fourth-order valence-corrected chi connectivity index (χ4v) is 2.77. The zero-order valence-electron chi connectivity index (χ0n) is 12.3. The number of aliphatic carboxylic acids is 1. The lowest BCUT2D eigenvalue weighted by molar-refractivity contribution is -0.138. The molecule has 2 aromatic rings. The second-order valence-electron chi connectivity index (χ2n) is 5.56. The Balaban J connectivity index is 2.02. The summed E-state index contributed by atoms with van der Waals surface area (Å²) >= 11 is 0. The molecule has 1 atom stereocenters. The van der Waals surface area contributed by atoms with E-state index in [-0.39, 0.29) is 24.6 Å². The lowest BCUT2D eigenvalue weighted by Gasteiger charge is -2.25. The highest BCUT2D eigenvalue weighted by Gasteiger charge is 2.31. The second-order valence-corrected chi connectivity index (χ2v) is 5.56. The molecule has 1 aliphatic heterocycles. The average Bonchev–Trinajstić information content (AvgIpc) is 2.95. The molecule has 0 saturated carbocycles. The number of aromatic nitrogens is 1. The first-order valence-electron chi connectivity index (χ1n) is 7.15. The van der Waals surface area contributed by atoms with Crippen molar-refractivity contribution in [3.05, 3.63) is 47.8 Å². The van der Waals surface area contributed by atoms with E-state index in [4.69, 9.17) is 5.11 Å². The predicted molar refractivity (Wildman–Crippen MR) is 78.5 cm³/mol. The Labute approximate surface area is 134 Å². The van der Waals surface area contributed by atoms with Gasteiger partial charge in [-0.3, -0.25) is 9.59 Å². The van der Waals surface area contributed by atoms with Crippen LogP contribution in [-0.4, -0.2) is 28.1 Å². The van der Waals surface area contributed by atoms with Crippen LogP contribution in [-0.2, 0) is 11.0 Å². The monoisotopic (exact) mass is 338 g/mol. The van der Waals surface area contributed by atoms with Crippen molar-refractivity contribution in [2.45, 2.75) is 18.6 Å². The van der Waals surface area contributed by atoms with Crippen molar-refractivity contribution in [2.75, 3.05) is 6.54 Å². The Hall–Kier alpha value is -2.77. The minimum atomic E-state index is -4.46. The third-order valence-electron chi connectivity index (χ3n) is 3.91. The quantitative estimate of drug-likeness (QED) is 0.904. The van der Waals surface area contributed by atoms with Crippen LogP contribution in [0.5, 0.6) is 0 Å². The van der Waals surface area contributed by atoms with Crippen molar-refractivity contribution in [3.8, 4) is 11.1 Å². The van der Waals surface area contributed by atoms with E-state index in [1.165, 1.54) is 29.0 Å². The van der Waals surface area contributed by atoms with Crippen molar-refractivity contribution < 1.29 is 27.9 Å². The number of hydrogen-bond acceptors (Lipinski definition) is 2. The van der Waals surface area contributed by atoms with E-state index in [9.17, 15) is 22.8 Å². The fraction of sp³-hybridized carbons (Fsp3) is 0.250. The number of amides is 1. The highest BCUT2D eigenvalue weighted by atomic mass is 19.4. The molecule has 8 heteroatoms. The van der Waals surface area contributed by atoms with Gasteiger partial charge in [0.1, 0.15) is 5.69 Å². The molecule has 0 spiro atoms. The molecule has 2 heterocycles. The second kappa shape index (κ2) is 5.70. The maximum atomic E-state index is 12.8. The molecule has 1 unspecified atom stereocenters. The number of hydrogen-bond donors (Lipinski definition) is 2. The Bertz CT molecular complexity index is 811. The molecule has 5 nitrogen and oxygen atoms in total. The molecule has 2 N–H and O–H groups in total. The number of carbonyl (C=O) groups is 2. The van der Waals surface area contributed by atoms with Gasteiger partial charge in [0.05, 0.1) is 18.0 Å². The lowest BCUT2D eigenvalue weighted by atomic mass is 10.1. The molecule has 0 bridgehead atoms. The minimum Gasteiger partial charge on any atom is -0.481 e. The third kappa shape index (κ3) is 2.99. The Morgan fingerprint density at radius 2 is 2.04 bits per heavy atom. The summed E-state index contributed by atoms with van der Waals surface area (Å²) in [5.74, 6) is -1.40. The molecule has 3 rings (SSSR count). The van der Waals surface area contributed by atoms with Gasteiger partial charge in [0.25, 0.3) is 5.91 Å². The van der Waals surface area contributed by atoms with E-state index >= 15 is 0 Å². The van der Waals surface area contributed by atoms with Crippen molar-refractivity contribution in [3.63, 3.8) is 0 Å². The topological polar surface area (TPSA) is 71.3 Å². The van der Waals surface area contributed by atoms with Crippen molar-refractivity contribution in [2.24, 2.45) is 0 Å². The van der Waals surface area contributed by atoms with Gasteiger partial charge in [-0.05, 0) is 23.8 Å². The van der Waals surface area contributed by atoms with Crippen LogP contribution >= 0.6 is 0 Å². The Morgan fingerprint density at radius 1 is 1.29 bits per heavy atom. The molecule has 1 aromatic carbocycles. The summed E-state index contributed by atoms with van der Waals surface area (Å²) in [7, 11) is 0. The summed E-state index contributed by atoms with van der Waals surface area (Å²) in [4.78, 5) is 22.9. The number of nitrogens with zero attached hydrogens (tertiary/aromatic N) is 1. The molecule has 0 aliphatic carbocycles. The number of nitrogens with one attached hydrogen (secondary N) is 1. The standard InChI is InChI=1S/C16H13F3N2O3/c17-16(18,19)11-3-1-2-9(4-11)10-5-13-15(24)20-7-12(6-14(22)23)21(13)8-10/h1-5,8,12H,6-7H2,(H,20,24)(H,22,23). The van der Waals surface area contributed by atoms with Gasteiger partial charge in [-0.1, -0.05) is 12.1 Å². The van der Waals surface area contributed by atoms with Gasteiger partial charge < -0.3 is 15.0 Å². The van der Waals surface area contributed by atoms with Crippen LogP contribution in [0.1, 0.15) is 28.5 Å². The van der Waals surface area contributed by atoms with Gasteiger partial charge in [-0.2, -0.15) is 13.2 Å². The number of carboxylic acid groups (broad SMARTS) is 1. The maximum Gasteiger partial charge on any atom is 0.416 e. The summed E-state index contributed by atoms with van der Waals surface area (Å²) in [5, 5.41) is 11.5. The maximum absolute atomic E-state index is 12.8. The SMILES string of the molecule is O=C(O)CC1CNC(=O)c2cc(-c3cccc(C(F)(F)F)c3)cn21. The molecular formula is C16H13F3N2O3. The first-order valence-corrected chi connectivity index (χ1v) is 7.15. The van der Waals surface area contributed by atoms with Crippen LogP contribution in [0.15, 0.2) is 36.5 Å². The van der Waals surface area contributed by atoms with Crippen LogP contribution in [0.4, 0.5) is 13.2 Å². The van der Waals surface area contributed by atoms with E-state index in [0.29, 0.717) is 11.1 Å². The van der Waals surface area contributed by atoms with Gasteiger partial charge in [0.2, 0.25) is 0 Å². The third-order valence-corrected chi connectivity index (χ3v) is 3.91. The highest BCUT2D eigenvalue weighted by Crippen LogP contribution is 2.33. The number of carbonyl (C=O) groups excluding carboxylic acids is 1. The van der Waals surface area contributed by atoms with Gasteiger partial charge in [-0.15, -0.1) is 0 Å². The number of fused-ring (bicyclic) bond motifs is 1. The number of rotatable bonds is 3. The molecular weight excluding hydrogens is 325 g/mol. The summed E-state index contributed by atoms with van der Waals surface area (Å²) in [6.07, 6.45) is -3.13. The van der Waals surface area contributed by atoms with Crippen LogP contribution in [0.2, 0.25) is 0 Å². The average molecular weight is 338 g/mol. The minimum absolute atomic E-state index is 0.162. The summed E-state index contributed by atoms with van der Waals surface area (Å²) in [5.41, 5.74) is 0.202. The normalized spacial score (nSPS) is 17.3. The van der Waals surface area contributed by atoms with Gasteiger partial charge in [0, 0.05) is 18.3 Å². The number of halogens is 3. The van der Waals surface area contributed by atoms with Gasteiger partial charge in [-0.25, -0.2) is 0 Å². The van der Waals surface area contributed by atoms with Crippen molar-refractivity contribution in [1.29, 1.82) is 0 Å². The molecule has 24 heavy (non-hydrogen) atoms. The first kappa shape index (κ1) is 16.1. The molecule has 0 saturated heterocycles. The van der Waals surface area contributed by atoms with E-state index in [0.717, 1.165) is 12.1 Å². The van der Waals surface area contributed by atoms with Gasteiger partial charge in [0.15, 0.2) is 0 Å². The zero-order chi connectivity index (χ0) is 17.5. The van der Waals surface area contributed by atoms with E-state index in [2.05, 4.69) is 5.32 Å². The Morgan fingerprint density at radius 3 is 2.71 bits per heavy atom. The predicted octanol–water partition coefficient (Wildman–Crippen LogP) is 2.93. The molecule has 1 amide bonds. The lowest BCUT2D eigenvalue weighted by Crippen LogP contribution is -2.39. The summed E-state index contributed by atoms with van der Waals surface area (Å²) in [6, 6.07) is 5.78. The highest BCUT2D eigenvalue weighted by molar-refractivity contribution is 5.95.